The van der Waals surface area contributed by atoms with Crippen LogP contribution in [0, 0.1) is 0 Å². The van der Waals surface area contributed by atoms with Gasteiger partial charge in [-0.2, -0.15) is 0 Å². The van der Waals surface area contributed by atoms with E-state index >= 15 is 0 Å². The van der Waals surface area contributed by atoms with Gasteiger partial charge in [-0.15, -0.1) is 0 Å². The van der Waals surface area contributed by atoms with E-state index in [0.29, 0.717) is 27.7 Å². The number of phenolic OH excluding ortho intramolecular Hbond substituents is 1. The topological polar surface area (TPSA) is 84.6 Å². The van der Waals surface area contributed by atoms with Crippen LogP contribution >= 0.6 is 11.6 Å². The van der Waals surface area contributed by atoms with E-state index < -0.39 is 0 Å². The number of anilines is 2. The maximum atomic E-state index is 12.0. The van der Waals surface area contributed by atoms with E-state index in [0.717, 1.165) is 0 Å². The van der Waals surface area contributed by atoms with Crippen LogP contribution in [0.4, 0.5) is 11.4 Å². The summed E-state index contributed by atoms with van der Waals surface area (Å²) in [5.74, 6) is -0.169. The van der Waals surface area contributed by atoms with Crippen molar-refractivity contribution in [2.24, 2.45) is 0 Å². The van der Waals surface area contributed by atoms with E-state index in [2.05, 4.69) is 5.32 Å². The molecule has 0 bridgehead atoms. The highest BCUT2D eigenvalue weighted by atomic mass is 35.5. The summed E-state index contributed by atoms with van der Waals surface area (Å²) in [6, 6.07) is 9.18. The van der Waals surface area contributed by atoms with Crippen LogP contribution in [0.2, 0.25) is 5.02 Å². The Morgan fingerprint density at radius 2 is 2.05 bits per heavy atom. The summed E-state index contributed by atoms with van der Waals surface area (Å²) >= 11 is 5.80. The summed E-state index contributed by atoms with van der Waals surface area (Å²) in [4.78, 5) is 12.0. The molecule has 2 rings (SSSR count). The lowest BCUT2D eigenvalue weighted by Gasteiger charge is -2.08. The fourth-order valence-electron chi connectivity index (χ4n) is 1.66. The summed E-state index contributed by atoms with van der Waals surface area (Å²) in [6.07, 6.45) is 0. The van der Waals surface area contributed by atoms with Gasteiger partial charge in [-0.25, -0.2) is 0 Å². The molecule has 0 saturated heterocycles. The van der Waals surface area contributed by atoms with Crippen molar-refractivity contribution in [3.63, 3.8) is 0 Å². The number of hydrogen-bond donors (Lipinski definition) is 3. The highest BCUT2D eigenvalue weighted by molar-refractivity contribution is 6.33. The number of aromatic hydroxyl groups is 1. The van der Waals surface area contributed by atoms with E-state index in [9.17, 15) is 9.90 Å². The number of methoxy groups -OCH3 is 1. The first-order valence-corrected chi connectivity index (χ1v) is 6.12. The second-order valence-corrected chi connectivity index (χ2v) is 4.48. The first-order valence-electron chi connectivity index (χ1n) is 5.74. The molecule has 4 N–H and O–H groups in total. The van der Waals surface area contributed by atoms with Gasteiger partial charge in [-0.3, -0.25) is 4.79 Å². The molecule has 20 heavy (non-hydrogen) atoms. The van der Waals surface area contributed by atoms with Crippen molar-refractivity contribution in [3.8, 4) is 11.5 Å². The third-order valence-corrected chi connectivity index (χ3v) is 3.04. The Hall–Kier alpha value is -2.40. The summed E-state index contributed by atoms with van der Waals surface area (Å²) in [7, 11) is 1.44. The molecule has 2 aromatic rings. The number of benzene rings is 2. The quantitative estimate of drug-likeness (QED) is 0.759. The third-order valence-electron chi connectivity index (χ3n) is 2.69. The van der Waals surface area contributed by atoms with E-state index in [1.165, 1.54) is 19.2 Å². The van der Waals surface area contributed by atoms with Crippen LogP contribution in [0.25, 0.3) is 0 Å². The van der Waals surface area contributed by atoms with Crippen molar-refractivity contribution in [2.45, 2.75) is 0 Å². The molecule has 0 saturated carbocycles. The second kappa shape index (κ2) is 5.71. The number of rotatable bonds is 3. The van der Waals surface area contributed by atoms with E-state index in [1.54, 1.807) is 24.3 Å². The van der Waals surface area contributed by atoms with Gasteiger partial charge >= 0.3 is 0 Å². The zero-order chi connectivity index (χ0) is 14.7. The summed E-state index contributed by atoms with van der Waals surface area (Å²) in [5, 5.41) is 12.7. The highest BCUT2D eigenvalue weighted by Gasteiger charge is 2.10. The van der Waals surface area contributed by atoms with Crippen LogP contribution in [0.3, 0.4) is 0 Å². The largest absolute Gasteiger partial charge is 0.504 e. The molecule has 0 aromatic heterocycles. The summed E-state index contributed by atoms with van der Waals surface area (Å²) in [6.45, 7) is 0. The fraction of sp³-hybridized carbons (Fsp3) is 0.0714. The van der Waals surface area contributed by atoms with Gasteiger partial charge in [0.05, 0.1) is 17.8 Å². The number of hydrogen-bond acceptors (Lipinski definition) is 4. The molecule has 5 nitrogen and oxygen atoms in total. The SMILES string of the molecule is COc1ccc(C(=O)Nc2ccc(Cl)c(N)c2)cc1O. The average molecular weight is 293 g/mol. The molecule has 104 valence electrons. The lowest BCUT2D eigenvalue weighted by atomic mass is 10.2. The molecule has 0 radical (unpaired) electrons. The maximum absolute atomic E-state index is 12.0. The monoisotopic (exact) mass is 292 g/mol. The van der Waals surface area contributed by atoms with Gasteiger partial charge in [0, 0.05) is 11.3 Å². The van der Waals surface area contributed by atoms with Crippen LogP contribution in [0.5, 0.6) is 11.5 Å². The number of nitrogens with one attached hydrogen (secondary N) is 1. The molecule has 0 atom stereocenters. The molecule has 2 aromatic carbocycles. The van der Waals surface area contributed by atoms with Crippen LogP contribution < -0.4 is 15.8 Å². The Morgan fingerprint density at radius 1 is 1.30 bits per heavy atom. The predicted octanol–water partition coefficient (Wildman–Crippen LogP) is 2.89. The smallest absolute Gasteiger partial charge is 0.255 e. The van der Waals surface area contributed by atoms with Gasteiger partial charge in [0.15, 0.2) is 11.5 Å². The molecular weight excluding hydrogens is 280 g/mol. The fourth-order valence-corrected chi connectivity index (χ4v) is 1.77. The molecule has 1 amide bonds. The first-order chi connectivity index (χ1) is 9.51. The van der Waals surface area contributed by atoms with E-state index in [4.69, 9.17) is 22.1 Å². The lowest BCUT2D eigenvalue weighted by Crippen LogP contribution is -2.12. The Morgan fingerprint density at radius 3 is 2.65 bits per heavy atom. The van der Waals surface area contributed by atoms with E-state index in [-0.39, 0.29) is 11.7 Å². The number of nitrogens with two attached hydrogens (primary N) is 1. The van der Waals surface area contributed by atoms with Gasteiger partial charge in [-0.05, 0) is 36.4 Å². The number of carbonyl (C=O) groups excluding carboxylic acids is 1. The van der Waals surface area contributed by atoms with Gasteiger partial charge in [0.2, 0.25) is 0 Å². The first kappa shape index (κ1) is 14.0. The number of halogens is 1. The van der Waals surface area contributed by atoms with Crippen molar-refractivity contribution in [3.05, 3.63) is 47.0 Å². The second-order valence-electron chi connectivity index (χ2n) is 4.08. The number of nitrogen functional groups attached to an aromatic ring is 1. The Labute approximate surface area is 120 Å². The predicted molar refractivity (Wildman–Crippen MR) is 78.5 cm³/mol. The van der Waals surface area contributed by atoms with Gasteiger partial charge in [0.1, 0.15) is 0 Å². The number of phenols is 1. The highest BCUT2D eigenvalue weighted by Crippen LogP contribution is 2.27. The minimum absolute atomic E-state index is 0.101. The standard InChI is InChI=1S/C14H13ClN2O3/c1-20-13-5-2-8(6-12(13)18)14(19)17-9-3-4-10(15)11(16)7-9/h2-7,18H,16H2,1H3,(H,17,19). The van der Waals surface area contributed by atoms with Crippen molar-refractivity contribution in [2.75, 3.05) is 18.2 Å². The maximum Gasteiger partial charge on any atom is 0.255 e. The third kappa shape index (κ3) is 2.95. The molecule has 0 heterocycles. The number of carbonyl (C=O) groups is 1. The molecule has 0 fully saturated rings. The Kier molecular flexibility index (Phi) is 4.00. The van der Waals surface area contributed by atoms with Gasteiger partial charge < -0.3 is 20.9 Å². The molecule has 0 unspecified atom stereocenters. The normalized spacial score (nSPS) is 10.1. The van der Waals surface area contributed by atoms with Crippen molar-refractivity contribution < 1.29 is 14.6 Å². The van der Waals surface area contributed by atoms with Crippen molar-refractivity contribution in [1.29, 1.82) is 0 Å². The van der Waals surface area contributed by atoms with Crippen molar-refractivity contribution in [1.82, 2.24) is 0 Å². The molecule has 0 aliphatic rings. The van der Waals surface area contributed by atoms with Crippen molar-refractivity contribution >= 4 is 28.9 Å². The molecular formula is C14H13ClN2O3. The minimum atomic E-state index is -0.371. The number of amides is 1. The zero-order valence-corrected chi connectivity index (χ0v) is 11.4. The minimum Gasteiger partial charge on any atom is -0.504 e. The number of ether oxygens (including phenoxy) is 1. The van der Waals surface area contributed by atoms with E-state index in [1.807, 2.05) is 0 Å². The molecule has 0 aliphatic carbocycles. The Balaban J connectivity index is 2.19. The average Bonchev–Trinajstić information content (AvgIpc) is 2.42. The van der Waals surface area contributed by atoms with Crippen LogP contribution in [0.1, 0.15) is 10.4 Å². The van der Waals surface area contributed by atoms with Crippen LogP contribution in [-0.4, -0.2) is 18.1 Å². The summed E-state index contributed by atoms with van der Waals surface area (Å²) in [5.41, 5.74) is 6.86. The summed E-state index contributed by atoms with van der Waals surface area (Å²) < 4.78 is 4.91. The molecule has 6 heteroatoms. The van der Waals surface area contributed by atoms with Gasteiger partial charge in [0.25, 0.3) is 5.91 Å². The van der Waals surface area contributed by atoms with Crippen LogP contribution in [0.15, 0.2) is 36.4 Å². The lowest BCUT2D eigenvalue weighted by molar-refractivity contribution is 0.102. The zero-order valence-electron chi connectivity index (χ0n) is 10.7. The van der Waals surface area contributed by atoms with Crippen LogP contribution in [-0.2, 0) is 0 Å². The molecule has 0 spiro atoms. The molecule has 0 aliphatic heterocycles. The Bertz CT molecular complexity index is 659. The van der Waals surface area contributed by atoms with Gasteiger partial charge in [-0.1, -0.05) is 11.6 Å².